The normalized spacial score (nSPS) is 19.1. The highest BCUT2D eigenvalue weighted by atomic mass is 32.2. The quantitative estimate of drug-likeness (QED) is 0.791. The lowest BCUT2D eigenvalue weighted by Crippen LogP contribution is -2.33. The van der Waals surface area contributed by atoms with Crippen molar-refractivity contribution < 1.29 is 39.6 Å². The van der Waals surface area contributed by atoms with Gasteiger partial charge in [0.15, 0.2) is 22.2 Å². The summed E-state index contributed by atoms with van der Waals surface area (Å²) in [6, 6.07) is 0. The van der Waals surface area contributed by atoms with Crippen LogP contribution in [0.15, 0.2) is 10.9 Å². The van der Waals surface area contributed by atoms with E-state index >= 15 is 0 Å². The average Bonchev–Trinajstić information content (AvgIpc) is 2.95. The fourth-order valence-corrected chi connectivity index (χ4v) is 2.88. The second-order valence-corrected chi connectivity index (χ2v) is 6.82. The summed E-state index contributed by atoms with van der Waals surface area (Å²) in [5, 5.41) is -0.587. The first-order chi connectivity index (χ1) is 10.2. The van der Waals surface area contributed by atoms with E-state index in [1.54, 1.807) is 0 Å². The van der Waals surface area contributed by atoms with Crippen molar-refractivity contribution in [3.05, 3.63) is 22.2 Å². The van der Waals surface area contributed by atoms with Crippen molar-refractivity contribution in [1.82, 2.24) is 20.9 Å². The van der Waals surface area contributed by atoms with E-state index in [4.69, 9.17) is 0 Å². The van der Waals surface area contributed by atoms with Crippen molar-refractivity contribution >= 4 is 9.84 Å². The molecule has 0 radical (unpaired) electrons. The number of sulfone groups is 1. The number of hydroxylamine groups is 1. The van der Waals surface area contributed by atoms with Crippen molar-refractivity contribution in [1.29, 1.82) is 0 Å². The van der Waals surface area contributed by atoms with E-state index < -0.39 is 49.1 Å². The van der Waals surface area contributed by atoms with Crippen LogP contribution in [0.5, 0.6) is 0 Å². The largest absolute Gasteiger partial charge is 0.437 e. The first-order valence-corrected chi connectivity index (χ1v) is 7.16. The monoisotopic (exact) mass is 366 g/mol. The van der Waals surface area contributed by atoms with E-state index in [1.165, 1.54) is 10.7 Å². The zero-order valence-electron chi connectivity index (χ0n) is 11.3. The topological polar surface area (TPSA) is 97.0 Å². The van der Waals surface area contributed by atoms with Gasteiger partial charge in [-0.1, -0.05) is 0 Å². The summed E-state index contributed by atoms with van der Waals surface area (Å²) in [7, 11) is -5.95. The molecule has 1 aromatic rings. The lowest BCUT2D eigenvalue weighted by Gasteiger charge is -2.16. The van der Waals surface area contributed by atoms with Crippen LogP contribution >= 0.6 is 0 Å². The zero-order valence-corrected chi connectivity index (χ0v) is 12.1. The molecule has 0 saturated heterocycles. The maximum absolute atomic E-state index is 14.1. The van der Waals surface area contributed by atoms with Gasteiger partial charge in [-0.2, -0.15) is 37.4 Å². The molecule has 2 heterocycles. The molecule has 0 aromatic carbocycles. The maximum atomic E-state index is 14.1. The molecular weight excluding hydrogens is 358 g/mol. The highest BCUT2D eigenvalue weighted by molar-refractivity contribution is 7.95. The maximum Gasteiger partial charge on any atom is 0.437 e. The SMILES string of the molecule is CC1(C)ONC(S(=O)(=O)C(F)(F)c2n[nH]nc2C(F)(F)F)=C1F. The molecule has 0 unspecified atom stereocenters. The van der Waals surface area contributed by atoms with Gasteiger partial charge in [-0.05, 0) is 13.8 Å². The standard InChI is InChI=1S/C9H8F6N4O3S/c1-7(2)3(10)6(18-22-7)23(20,21)9(14,15)5-4(8(11,12)13)16-19-17-5/h18H,1-2H3,(H,16,17,19). The molecule has 0 atom stereocenters. The molecule has 130 valence electrons. The van der Waals surface area contributed by atoms with Crippen LogP contribution in [0.2, 0.25) is 0 Å². The highest BCUT2D eigenvalue weighted by Gasteiger charge is 2.59. The Bertz CT molecular complexity index is 766. The molecule has 7 nitrogen and oxygen atoms in total. The van der Waals surface area contributed by atoms with Gasteiger partial charge in [0.25, 0.3) is 9.84 Å². The number of hydrogen-bond acceptors (Lipinski definition) is 6. The third kappa shape index (κ3) is 2.54. The van der Waals surface area contributed by atoms with Crippen LogP contribution in [0, 0.1) is 0 Å². The summed E-state index contributed by atoms with van der Waals surface area (Å²) >= 11 is 0. The van der Waals surface area contributed by atoms with Gasteiger partial charge in [0.05, 0.1) is 0 Å². The minimum atomic E-state index is -5.95. The Kier molecular flexibility index (Phi) is 3.68. The van der Waals surface area contributed by atoms with Crippen LogP contribution in [0.4, 0.5) is 26.3 Å². The third-order valence-corrected chi connectivity index (χ3v) is 4.49. The number of H-pyrrole nitrogens is 1. The fraction of sp³-hybridized carbons (Fsp3) is 0.556. The Morgan fingerprint density at radius 3 is 2.04 bits per heavy atom. The molecule has 23 heavy (non-hydrogen) atoms. The zero-order chi connectivity index (χ0) is 17.8. The van der Waals surface area contributed by atoms with Crippen molar-refractivity contribution in [2.45, 2.75) is 30.9 Å². The van der Waals surface area contributed by atoms with E-state index in [2.05, 4.69) is 15.0 Å². The molecule has 2 rings (SSSR count). The molecule has 0 aliphatic carbocycles. The van der Waals surface area contributed by atoms with Crippen LogP contribution in [-0.4, -0.2) is 29.4 Å². The Morgan fingerprint density at radius 2 is 1.61 bits per heavy atom. The number of alkyl halides is 5. The Hall–Kier alpha value is -1.83. The minimum Gasteiger partial charge on any atom is -0.262 e. The van der Waals surface area contributed by atoms with E-state index in [-0.39, 0.29) is 0 Å². The predicted molar refractivity (Wildman–Crippen MR) is 60.6 cm³/mol. The van der Waals surface area contributed by atoms with Crippen molar-refractivity contribution in [2.24, 2.45) is 0 Å². The van der Waals surface area contributed by atoms with Crippen molar-refractivity contribution in [2.75, 3.05) is 0 Å². The molecule has 1 aliphatic heterocycles. The summed E-state index contributed by atoms with van der Waals surface area (Å²) in [5.74, 6) is -1.62. The van der Waals surface area contributed by atoms with Gasteiger partial charge in [-0.15, -0.1) is 0 Å². The Morgan fingerprint density at radius 1 is 1.09 bits per heavy atom. The lowest BCUT2D eigenvalue weighted by molar-refractivity contribution is -0.143. The molecule has 1 aromatic heterocycles. The van der Waals surface area contributed by atoms with Crippen LogP contribution < -0.4 is 5.48 Å². The lowest BCUT2D eigenvalue weighted by atomic mass is 10.1. The number of aromatic nitrogens is 3. The van der Waals surface area contributed by atoms with Gasteiger partial charge in [0.1, 0.15) is 5.60 Å². The van der Waals surface area contributed by atoms with E-state index in [0.717, 1.165) is 13.8 Å². The van der Waals surface area contributed by atoms with Gasteiger partial charge < -0.3 is 0 Å². The second kappa shape index (κ2) is 4.83. The molecule has 0 bridgehead atoms. The fourth-order valence-electron chi connectivity index (χ4n) is 1.60. The van der Waals surface area contributed by atoms with Gasteiger partial charge in [0.2, 0.25) is 0 Å². The summed E-state index contributed by atoms with van der Waals surface area (Å²) in [6.45, 7) is 2.04. The number of rotatable bonds is 3. The third-order valence-electron chi connectivity index (χ3n) is 2.83. The molecule has 14 heteroatoms. The summed E-state index contributed by atoms with van der Waals surface area (Å²) in [6.07, 6.45) is -5.40. The minimum absolute atomic E-state index is 1.02. The number of hydrogen-bond donors (Lipinski definition) is 2. The molecular formula is C9H8F6N4O3S. The Balaban J connectivity index is 2.61. The number of nitrogens with zero attached hydrogens (tertiary/aromatic N) is 2. The number of nitrogens with one attached hydrogen (secondary N) is 2. The van der Waals surface area contributed by atoms with Crippen molar-refractivity contribution in [3.63, 3.8) is 0 Å². The van der Waals surface area contributed by atoms with Gasteiger partial charge in [-0.3, -0.25) is 10.3 Å². The predicted octanol–water partition coefficient (Wildman–Crippen LogP) is 1.74. The summed E-state index contributed by atoms with van der Waals surface area (Å²) < 4.78 is 104. The van der Waals surface area contributed by atoms with Gasteiger partial charge in [-0.25, -0.2) is 12.8 Å². The van der Waals surface area contributed by atoms with Crippen LogP contribution in [0.1, 0.15) is 25.2 Å². The van der Waals surface area contributed by atoms with E-state index in [1.807, 2.05) is 0 Å². The first-order valence-electron chi connectivity index (χ1n) is 5.68. The average molecular weight is 366 g/mol. The molecule has 0 fully saturated rings. The molecule has 2 N–H and O–H groups in total. The second-order valence-electron chi connectivity index (χ2n) is 4.90. The van der Waals surface area contributed by atoms with Crippen LogP contribution in [0.25, 0.3) is 0 Å². The van der Waals surface area contributed by atoms with Crippen molar-refractivity contribution in [3.8, 4) is 0 Å². The molecule has 0 saturated carbocycles. The number of aromatic amines is 1. The first kappa shape index (κ1) is 17.5. The Labute approximate surface area is 124 Å². The summed E-state index contributed by atoms with van der Waals surface area (Å²) in [5.41, 5.74) is -4.86. The molecule has 1 aliphatic rings. The smallest absolute Gasteiger partial charge is 0.262 e. The van der Waals surface area contributed by atoms with Gasteiger partial charge in [0, 0.05) is 0 Å². The summed E-state index contributed by atoms with van der Waals surface area (Å²) in [4.78, 5) is 4.48. The number of halogens is 6. The van der Waals surface area contributed by atoms with E-state index in [0.29, 0.717) is 0 Å². The van der Waals surface area contributed by atoms with Crippen LogP contribution in [0.3, 0.4) is 0 Å². The van der Waals surface area contributed by atoms with E-state index in [9.17, 15) is 34.8 Å². The van der Waals surface area contributed by atoms with Crippen LogP contribution in [-0.2, 0) is 26.1 Å². The van der Waals surface area contributed by atoms with Gasteiger partial charge >= 0.3 is 11.4 Å². The molecule has 0 amide bonds. The molecule has 0 spiro atoms. The highest BCUT2D eigenvalue weighted by Crippen LogP contribution is 2.44.